The highest BCUT2D eigenvalue weighted by molar-refractivity contribution is 8.26. The van der Waals surface area contributed by atoms with Crippen molar-refractivity contribution in [3.8, 4) is 0 Å². The maximum Gasteiger partial charge on any atom is 0.350 e. The highest BCUT2D eigenvalue weighted by Crippen LogP contribution is 2.32. The SMILES string of the molecule is CCOC(=O)c1sc(NC(=O)CCN2C(=O)C(=Cc3ccccc3)SC2=S)nc1C. The number of thioether (sulfide) groups is 1. The van der Waals surface area contributed by atoms with Crippen molar-refractivity contribution in [2.75, 3.05) is 18.5 Å². The zero-order valence-electron chi connectivity index (χ0n) is 16.3. The van der Waals surface area contributed by atoms with Gasteiger partial charge in [0.05, 0.1) is 17.2 Å². The van der Waals surface area contributed by atoms with Gasteiger partial charge in [-0.2, -0.15) is 0 Å². The van der Waals surface area contributed by atoms with Crippen LogP contribution in [0.1, 0.15) is 34.3 Å². The van der Waals surface area contributed by atoms with Gasteiger partial charge in [0.2, 0.25) is 5.91 Å². The van der Waals surface area contributed by atoms with Crippen molar-refractivity contribution in [3.63, 3.8) is 0 Å². The average Bonchev–Trinajstić information content (AvgIpc) is 3.20. The molecule has 156 valence electrons. The first-order chi connectivity index (χ1) is 14.4. The molecule has 0 radical (unpaired) electrons. The molecule has 1 saturated heterocycles. The number of amides is 2. The summed E-state index contributed by atoms with van der Waals surface area (Å²) >= 11 is 7.58. The number of nitrogens with zero attached hydrogens (tertiary/aromatic N) is 2. The minimum Gasteiger partial charge on any atom is -0.462 e. The van der Waals surface area contributed by atoms with E-state index in [0.29, 0.717) is 24.9 Å². The van der Waals surface area contributed by atoms with Crippen LogP contribution in [0.3, 0.4) is 0 Å². The predicted molar refractivity (Wildman–Crippen MR) is 122 cm³/mol. The van der Waals surface area contributed by atoms with Gasteiger partial charge in [-0.25, -0.2) is 9.78 Å². The lowest BCUT2D eigenvalue weighted by molar-refractivity contribution is -0.122. The number of nitrogens with one attached hydrogen (secondary N) is 1. The molecule has 0 saturated carbocycles. The van der Waals surface area contributed by atoms with Gasteiger partial charge in [0, 0.05) is 13.0 Å². The zero-order valence-corrected chi connectivity index (χ0v) is 18.8. The van der Waals surface area contributed by atoms with Crippen LogP contribution in [-0.2, 0) is 14.3 Å². The van der Waals surface area contributed by atoms with E-state index in [4.69, 9.17) is 17.0 Å². The van der Waals surface area contributed by atoms with Crippen LogP contribution in [0.5, 0.6) is 0 Å². The van der Waals surface area contributed by atoms with E-state index in [1.54, 1.807) is 19.9 Å². The molecule has 1 aromatic heterocycles. The molecule has 2 amide bonds. The molecule has 1 aromatic carbocycles. The molecule has 2 aromatic rings. The molecular formula is C20H19N3O4S3. The number of thiocarbonyl (C=S) groups is 1. The Bertz CT molecular complexity index is 1020. The van der Waals surface area contributed by atoms with Crippen molar-refractivity contribution < 1.29 is 19.1 Å². The molecular weight excluding hydrogens is 442 g/mol. The van der Waals surface area contributed by atoms with Crippen molar-refractivity contribution in [3.05, 3.63) is 51.4 Å². The Hall–Kier alpha value is -2.56. The second kappa shape index (κ2) is 9.96. The number of aryl methyl sites for hydroxylation is 1. The van der Waals surface area contributed by atoms with Crippen LogP contribution in [0.25, 0.3) is 6.08 Å². The maximum atomic E-state index is 12.6. The molecule has 1 aliphatic rings. The Morgan fingerprint density at radius 2 is 2.03 bits per heavy atom. The minimum atomic E-state index is -0.462. The number of ether oxygens (including phenoxy) is 1. The quantitative estimate of drug-likeness (QED) is 0.380. The van der Waals surface area contributed by atoms with Crippen molar-refractivity contribution in [1.29, 1.82) is 0 Å². The van der Waals surface area contributed by atoms with E-state index in [2.05, 4.69) is 10.3 Å². The monoisotopic (exact) mass is 461 g/mol. The molecule has 1 N–H and O–H groups in total. The third kappa shape index (κ3) is 5.32. The molecule has 0 bridgehead atoms. The van der Waals surface area contributed by atoms with E-state index in [9.17, 15) is 14.4 Å². The number of rotatable bonds is 7. The summed E-state index contributed by atoms with van der Waals surface area (Å²) < 4.78 is 5.39. The lowest BCUT2D eigenvalue weighted by atomic mass is 10.2. The second-order valence-corrected chi connectivity index (χ2v) is 8.87. The Balaban J connectivity index is 1.58. The van der Waals surface area contributed by atoms with E-state index in [-0.39, 0.29) is 31.4 Å². The number of hydrogen-bond acceptors (Lipinski definition) is 8. The van der Waals surface area contributed by atoms with Gasteiger partial charge in [-0.3, -0.25) is 14.5 Å². The molecule has 3 rings (SSSR count). The summed E-state index contributed by atoms with van der Waals surface area (Å²) in [4.78, 5) is 43.3. The molecule has 30 heavy (non-hydrogen) atoms. The maximum absolute atomic E-state index is 12.6. The highest BCUT2D eigenvalue weighted by Gasteiger charge is 2.32. The fraction of sp³-hybridized carbons (Fsp3) is 0.250. The van der Waals surface area contributed by atoms with Crippen LogP contribution in [0.15, 0.2) is 35.2 Å². The molecule has 0 unspecified atom stereocenters. The number of aromatic nitrogens is 1. The number of esters is 1. The van der Waals surface area contributed by atoms with E-state index >= 15 is 0 Å². The summed E-state index contributed by atoms with van der Waals surface area (Å²) in [6.07, 6.45) is 1.84. The zero-order chi connectivity index (χ0) is 21.7. The standard InChI is InChI=1S/C20H19N3O4S3/c1-3-27-18(26)16-12(2)21-19(30-16)22-15(24)9-10-23-17(25)14(29-20(23)28)11-13-7-5-4-6-8-13/h4-8,11H,3,9-10H2,1-2H3,(H,21,22,24). The van der Waals surface area contributed by atoms with Crippen molar-refractivity contribution in [2.24, 2.45) is 0 Å². The summed E-state index contributed by atoms with van der Waals surface area (Å²) in [5.74, 6) is -0.993. The molecule has 0 aliphatic carbocycles. The Morgan fingerprint density at radius 3 is 2.73 bits per heavy atom. The largest absolute Gasteiger partial charge is 0.462 e. The summed E-state index contributed by atoms with van der Waals surface area (Å²) in [7, 11) is 0. The number of carbonyl (C=O) groups excluding carboxylic acids is 3. The summed E-state index contributed by atoms with van der Waals surface area (Å²) in [5, 5.41) is 2.98. The molecule has 0 atom stereocenters. The predicted octanol–water partition coefficient (Wildman–Crippen LogP) is 3.86. The lowest BCUT2D eigenvalue weighted by Gasteiger charge is -2.13. The first-order valence-electron chi connectivity index (χ1n) is 9.14. The fourth-order valence-corrected chi connectivity index (χ4v) is 4.81. The Kier molecular flexibility index (Phi) is 7.35. The van der Waals surface area contributed by atoms with Crippen LogP contribution in [0, 0.1) is 6.92 Å². The average molecular weight is 462 g/mol. The normalized spacial score (nSPS) is 15.0. The van der Waals surface area contributed by atoms with E-state index < -0.39 is 5.97 Å². The number of anilines is 1. The first-order valence-corrected chi connectivity index (χ1v) is 11.2. The van der Waals surface area contributed by atoms with E-state index in [0.717, 1.165) is 16.9 Å². The number of hydrogen-bond donors (Lipinski definition) is 1. The summed E-state index contributed by atoms with van der Waals surface area (Å²) in [6.45, 7) is 3.83. The van der Waals surface area contributed by atoms with Gasteiger partial charge in [-0.05, 0) is 25.5 Å². The lowest BCUT2D eigenvalue weighted by Crippen LogP contribution is -2.31. The third-order valence-corrected chi connectivity index (χ3v) is 6.47. The van der Waals surface area contributed by atoms with Gasteiger partial charge in [0.1, 0.15) is 9.20 Å². The van der Waals surface area contributed by atoms with E-state index in [1.807, 2.05) is 30.3 Å². The number of benzene rings is 1. The van der Waals surface area contributed by atoms with Crippen molar-refractivity contribution in [2.45, 2.75) is 20.3 Å². The number of carbonyl (C=O) groups is 3. The first kappa shape index (κ1) is 22.1. The highest BCUT2D eigenvalue weighted by atomic mass is 32.2. The molecule has 2 heterocycles. The minimum absolute atomic E-state index is 0.0540. The van der Waals surface area contributed by atoms with Crippen LogP contribution in [0.2, 0.25) is 0 Å². The van der Waals surface area contributed by atoms with Gasteiger partial charge in [0.25, 0.3) is 5.91 Å². The summed E-state index contributed by atoms with van der Waals surface area (Å²) in [5.41, 5.74) is 1.41. The van der Waals surface area contributed by atoms with Gasteiger partial charge in [0.15, 0.2) is 5.13 Å². The smallest absolute Gasteiger partial charge is 0.350 e. The molecule has 1 fully saturated rings. The number of thiazole rings is 1. The van der Waals surface area contributed by atoms with Gasteiger partial charge >= 0.3 is 5.97 Å². The van der Waals surface area contributed by atoms with Gasteiger partial charge < -0.3 is 10.1 Å². The van der Waals surface area contributed by atoms with Crippen molar-refractivity contribution >= 4 is 68.6 Å². The van der Waals surface area contributed by atoms with Crippen LogP contribution in [-0.4, -0.2) is 45.1 Å². The second-order valence-electron chi connectivity index (χ2n) is 6.20. The van der Waals surface area contributed by atoms with Crippen LogP contribution >= 0.6 is 35.3 Å². The van der Waals surface area contributed by atoms with Gasteiger partial charge in [-0.1, -0.05) is 65.6 Å². The Morgan fingerprint density at radius 1 is 1.30 bits per heavy atom. The summed E-state index contributed by atoms with van der Waals surface area (Å²) in [6, 6.07) is 9.50. The fourth-order valence-electron chi connectivity index (χ4n) is 2.62. The topological polar surface area (TPSA) is 88.6 Å². The van der Waals surface area contributed by atoms with Crippen molar-refractivity contribution in [1.82, 2.24) is 9.88 Å². The molecule has 1 aliphatic heterocycles. The molecule has 0 spiro atoms. The third-order valence-electron chi connectivity index (χ3n) is 4.04. The van der Waals surface area contributed by atoms with Crippen LogP contribution in [0.4, 0.5) is 5.13 Å². The molecule has 10 heteroatoms. The van der Waals surface area contributed by atoms with E-state index in [1.165, 1.54) is 16.7 Å². The Labute approximate surface area is 187 Å². The van der Waals surface area contributed by atoms with Gasteiger partial charge in [-0.15, -0.1) is 0 Å². The van der Waals surface area contributed by atoms with Crippen LogP contribution < -0.4 is 5.32 Å². The molecule has 7 nitrogen and oxygen atoms in total.